The van der Waals surface area contributed by atoms with Gasteiger partial charge in [-0.1, -0.05) is 24.3 Å². The Morgan fingerprint density at radius 2 is 2.07 bits per heavy atom. The molecule has 1 aliphatic heterocycles. The maximum Gasteiger partial charge on any atom is 0.150 e. The highest BCUT2D eigenvalue weighted by molar-refractivity contribution is 5.74. The second-order valence-corrected chi connectivity index (χ2v) is 3.57. The maximum atomic E-state index is 10.4. The third-order valence-corrected chi connectivity index (χ3v) is 2.58. The quantitative estimate of drug-likeness (QED) is 0.714. The van der Waals surface area contributed by atoms with E-state index in [1.807, 2.05) is 0 Å². The molecule has 3 heteroatoms. The molecule has 14 heavy (non-hydrogen) atoms. The fourth-order valence-corrected chi connectivity index (χ4v) is 1.65. The lowest BCUT2D eigenvalue weighted by molar-refractivity contribution is 0.0232. The van der Waals surface area contributed by atoms with E-state index in [1.165, 1.54) is 0 Å². The minimum absolute atomic E-state index is 0.341. The Labute approximate surface area is 82.3 Å². The number of rotatable bonds is 2. The van der Waals surface area contributed by atoms with Crippen molar-refractivity contribution in [1.29, 1.82) is 0 Å². The number of carbonyl (C=O) groups excluding carboxylic acids is 1. The van der Waals surface area contributed by atoms with Crippen LogP contribution in [0.15, 0.2) is 24.3 Å². The lowest BCUT2D eigenvalue weighted by Crippen LogP contribution is -2.25. The molecule has 0 bridgehead atoms. The van der Waals surface area contributed by atoms with Crippen LogP contribution in [-0.2, 0) is 10.3 Å². The van der Waals surface area contributed by atoms with Gasteiger partial charge in [0.15, 0.2) is 0 Å². The fraction of sp³-hybridized carbons (Fsp3) is 0.364. The Kier molecular flexibility index (Phi) is 2.35. The van der Waals surface area contributed by atoms with Crippen molar-refractivity contribution in [3.8, 4) is 0 Å². The average molecular weight is 192 g/mol. The van der Waals surface area contributed by atoms with Crippen LogP contribution in [0.2, 0.25) is 0 Å². The third kappa shape index (κ3) is 1.56. The van der Waals surface area contributed by atoms with Gasteiger partial charge in [-0.3, -0.25) is 4.79 Å². The van der Waals surface area contributed by atoms with Gasteiger partial charge in [-0.05, 0) is 5.56 Å². The molecule has 74 valence electrons. The van der Waals surface area contributed by atoms with Gasteiger partial charge in [0.2, 0.25) is 0 Å². The molecule has 1 heterocycles. The first-order valence-electron chi connectivity index (χ1n) is 4.60. The van der Waals surface area contributed by atoms with Crippen LogP contribution < -0.4 is 0 Å². The van der Waals surface area contributed by atoms with Gasteiger partial charge >= 0.3 is 0 Å². The maximum absolute atomic E-state index is 10.4. The highest BCUT2D eigenvalue weighted by atomic mass is 16.5. The van der Waals surface area contributed by atoms with Crippen LogP contribution in [0, 0.1) is 0 Å². The average Bonchev–Trinajstić information content (AvgIpc) is 2.67. The van der Waals surface area contributed by atoms with E-state index < -0.39 is 5.60 Å². The van der Waals surface area contributed by atoms with Crippen molar-refractivity contribution >= 4 is 6.29 Å². The standard InChI is InChI=1S/C11H12O3/c12-7-9-1-3-10(4-2-9)11(13)5-6-14-8-11/h1-4,7,13H,5-6,8H2. The first-order valence-corrected chi connectivity index (χ1v) is 4.60. The number of carbonyl (C=O) groups is 1. The van der Waals surface area contributed by atoms with Gasteiger partial charge in [-0.25, -0.2) is 0 Å². The van der Waals surface area contributed by atoms with Gasteiger partial charge in [0.25, 0.3) is 0 Å². The minimum Gasteiger partial charge on any atom is -0.383 e. The summed E-state index contributed by atoms with van der Waals surface area (Å²) in [5.41, 5.74) is 0.582. The van der Waals surface area contributed by atoms with Gasteiger partial charge in [0, 0.05) is 18.6 Å². The zero-order chi connectivity index (χ0) is 10.0. The topological polar surface area (TPSA) is 46.5 Å². The van der Waals surface area contributed by atoms with E-state index in [1.54, 1.807) is 24.3 Å². The van der Waals surface area contributed by atoms with Crippen LogP contribution >= 0.6 is 0 Å². The lowest BCUT2D eigenvalue weighted by Gasteiger charge is -2.20. The molecule has 1 saturated heterocycles. The van der Waals surface area contributed by atoms with Gasteiger partial charge < -0.3 is 9.84 Å². The summed E-state index contributed by atoms with van der Waals surface area (Å²) in [7, 11) is 0. The number of hydrogen-bond acceptors (Lipinski definition) is 3. The molecule has 0 radical (unpaired) electrons. The van der Waals surface area contributed by atoms with E-state index in [-0.39, 0.29) is 0 Å². The van der Waals surface area contributed by atoms with Crippen molar-refractivity contribution in [1.82, 2.24) is 0 Å². The molecule has 0 spiro atoms. The summed E-state index contributed by atoms with van der Waals surface area (Å²) in [5.74, 6) is 0. The highest BCUT2D eigenvalue weighted by Crippen LogP contribution is 2.29. The van der Waals surface area contributed by atoms with Crippen LogP contribution in [0.4, 0.5) is 0 Å². The fourth-order valence-electron chi connectivity index (χ4n) is 1.65. The first kappa shape index (κ1) is 9.37. The van der Waals surface area contributed by atoms with Crippen LogP contribution in [0.5, 0.6) is 0 Å². The van der Waals surface area contributed by atoms with Crippen molar-refractivity contribution in [2.24, 2.45) is 0 Å². The summed E-state index contributed by atoms with van der Waals surface area (Å²) in [5, 5.41) is 10.1. The predicted molar refractivity (Wildman–Crippen MR) is 51.2 cm³/mol. The third-order valence-electron chi connectivity index (χ3n) is 2.58. The lowest BCUT2D eigenvalue weighted by atomic mass is 9.93. The Morgan fingerprint density at radius 1 is 1.36 bits per heavy atom. The van der Waals surface area contributed by atoms with E-state index in [0.29, 0.717) is 25.2 Å². The molecule has 1 aliphatic rings. The smallest absolute Gasteiger partial charge is 0.150 e. The zero-order valence-electron chi connectivity index (χ0n) is 7.77. The molecule has 2 rings (SSSR count). The van der Waals surface area contributed by atoms with Crippen molar-refractivity contribution in [3.63, 3.8) is 0 Å². The SMILES string of the molecule is O=Cc1ccc(C2(O)CCOC2)cc1. The van der Waals surface area contributed by atoms with Gasteiger partial charge in [-0.15, -0.1) is 0 Å². The van der Waals surface area contributed by atoms with E-state index >= 15 is 0 Å². The molecule has 1 fully saturated rings. The van der Waals surface area contributed by atoms with Crippen LogP contribution in [-0.4, -0.2) is 24.6 Å². The molecule has 1 unspecified atom stereocenters. The Balaban J connectivity index is 2.27. The van der Waals surface area contributed by atoms with Crippen molar-refractivity contribution in [2.75, 3.05) is 13.2 Å². The number of aldehydes is 1. The largest absolute Gasteiger partial charge is 0.383 e. The second kappa shape index (κ2) is 3.52. The van der Waals surface area contributed by atoms with E-state index in [4.69, 9.17) is 4.74 Å². The molecule has 1 aromatic carbocycles. The molecule has 3 nitrogen and oxygen atoms in total. The molecule has 0 amide bonds. The summed E-state index contributed by atoms with van der Waals surface area (Å²) < 4.78 is 5.15. The predicted octanol–water partition coefficient (Wildman–Crippen LogP) is 1.11. The Hall–Kier alpha value is -1.19. The van der Waals surface area contributed by atoms with Gasteiger partial charge in [-0.2, -0.15) is 0 Å². The second-order valence-electron chi connectivity index (χ2n) is 3.57. The van der Waals surface area contributed by atoms with Gasteiger partial charge in [0.1, 0.15) is 11.9 Å². The Morgan fingerprint density at radius 3 is 2.57 bits per heavy atom. The van der Waals surface area contributed by atoms with E-state index in [9.17, 15) is 9.90 Å². The summed E-state index contributed by atoms with van der Waals surface area (Å²) in [6.07, 6.45) is 1.41. The monoisotopic (exact) mass is 192 g/mol. The van der Waals surface area contributed by atoms with Crippen LogP contribution in [0.3, 0.4) is 0 Å². The first-order chi connectivity index (χ1) is 6.74. The van der Waals surface area contributed by atoms with E-state index in [0.717, 1.165) is 11.8 Å². The molecular weight excluding hydrogens is 180 g/mol. The Bertz CT molecular complexity index is 323. The van der Waals surface area contributed by atoms with Crippen molar-refractivity contribution in [2.45, 2.75) is 12.0 Å². The highest BCUT2D eigenvalue weighted by Gasteiger charge is 2.33. The number of hydrogen-bond donors (Lipinski definition) is 1. The summed E-state index contributed by atoms with van der Waals surface area (Å²) in [6, 6.07) is 6.97. The summed E-state index contributed by atoms with van der Waals surface area (Å²) in [6.45, 7) is 0.930. The van der Waals surface area contributed by atoms with Crippen molar-refractivity contribution < 1.29 is 14.6 Å². The van der Waals surface area contributed by atoms with Crippen molar-refractivity contribution in [3.05, 3.63) is 35.4 Å². The summed E-state index contributed by atoms with van der Waals surface area (Å²) in [4.78, 5) is 10.4. The molecule has 1 aromatic rings. The number of benzene rings is 1. The summed E-state index contributed by atoms with van der Waals surface area (Å²) >= 11 is 0. The van der Waals surface area contributed by atoms with Crippen LogP contribution in [0.25, 0.3) is 0 Å². The van der Waals surface area contributed by atoms with Crippen LogP contribution in [0.1, 0.15) is 22.3 Å². The van der Waals surface area contributed by atoms with Gasteiger partial charge in [0.05, 0.1) is 6.61 Å². The molecule has 1 N–H and O–H groups in total. The van der Waals surface area contributed by atoms with E-state index in [2.05, 4.69) is 0 Å². The number of ether oxygens (including phenoxy) is 1. The molecule has 0 aromatic heterocycles. The number of aliphatic hydroxyl groups is 1. The minimum atomic E-state index is -0.860. The molecular formula is C11H12O3. The molecule has 1 atom stereocenters. The normalized spacial score (nSPS) is 26.4. The molecule has 0 saturated carbocycles. The zero-order valence-corrected chi connectivity index (χ0v) is 7.77. The molecule has 0 aliphatic carbocycles.